The zero-order valence-electron chi connectivity index (χ0n) is 12.4. The van der Waals surface area contributed by atoms with Crippen molar-refractivity contribution >= 4 is 12.0 Å². The molecular weight excluding hydrogens is 256 g/mol. The number of hydrogen-bond acceptors (Lipinski definition) is 2. The molecule has 3 N–H and O–H groups in total. The summed E-state index contributed by atoms with van der Waals surface area (Å²) in [5.74, 6) is 0.283. The Morgan fingerprint density at radius 2 is 1.85 bits per heavy atom. The van der Waals surface area contributed by atoms with E-state index in [-0.39, 0.29) is 11.9 Å². The summed E-state index contributed by atoms with van der Waals surface area (Å²) >= 11 is 0. The lowest BCUT2D eigenvalue weighted by Crippen LogP contribution is -2.57. The molecule has 2 aliphatic rings. The van der Waals surface area contributed by atoms with Crippen LogP contribution in [0, 0.1) is 17.8 Å². The third-order valence-corrected chi connectivity index (χ3v) is 5.03. The van der Waals surface area contributed by atoms with Crippen LogP contribution in [0.5, 0.6) is 0 Å². The normalized spacial score (nSPS) is 29.3. The van der Waals surface area contributed by atoms with E-state index in [1.165, 1.54) is 19.3 Å². The van der Waals surface area contributed by atoms with Crippen LogP contribution in [-0.4, -0.2) is 29.2 Å². The smallest absolute Gasteiger partial charge is 0.329 e. The summed E-state index contributed by atoms with van der Waals surface area (Å²) in [7, 11) is 0. The highest BCUT2D eigenvalue weighted by Gasteiger charge is 2.48. The van der Waals surface area contributed by atoms with Crippen LogP contribution in [0.25, 0.3) is 0 Å². The third-order valence-electron chi connectivity index (χ3n) is 5.03. The van der Waals surface area contributed by atoms with E-state index in [9.17, 15) is 14.7 Å². The second kappa shape index (κ2) is 6.02. The van der Waals surface area contributed by atoms with Gasteiger partial charge in [-0.25, -0.2) is 9.59 Å². The highest BCUT2D eigenvalue weighted by Crippen LogP contribution is 2.39. The largest absolute Gasteiger partial charge is 0.480 e. The Labute approximate surface area is 120 Å². The van der Waals surface area contributed by atoms with Gasteiger partial charge in [0, 0.05) is 6.54 Å². The number of aliphatic carboxylic acids is 1. The Bertz CT molecular complexity index is 381. The van der Waals surface area contributed by atoms with Gasteiger partial charge < -0.3 is 15.7 Å². The van der Waals surface area contributed by atoms with Crippen LogP contribution in [0.2, 0.25) is 0 Å². The molecule has 0 saturated heterocycles. The molecule has 2 aliphatic carbocycles. The molecule has 0 heterocycles. The van der Waals surface area contributed by atoms with Gasteiger partial charge in [0.15, 0.2) is 0 Å². The van der Waals surface area contributed by atoms with E-state index in [0.717, 1.165) is 19.3 Å². The zero-order chi connectivity index (χ0) is 14.8. The summed E-state index contributed by atoms with van der Waals surface area (Å²) in [4.78, 5) is 23.3. The minimum atomic E-state index is -1.12. The number of carboxylic acids is 1. The van der Waals surface area contributed by atoms with Gasteiger partial charge in [0.05, 0.1) is 0 Å². The van der Waals surface area contributed by atoms with Crippen molar-refractivity contribution in [2.45, 2.75) is 57.9 Å². The highest BCUT2D eigenvalue weighted by molar-refractivity contribution is 5.86. The van der Waals surface area contributed by atoms with Crippen LogP contribution in [0.3, 0.4) is 0 Å². The van der Waals surface area contributed by atoms with Gasteiger partial charge in [0.2, 0.25) is 0 Å². The number of carbonyl (C=O) groups is 2. The van der Waals surface area contributed by atoms with Crippen LogP contribution in [0.15, 0.2) is 0 Å². The lowest BCUT2D eigenvalue weighted by atomic mass is 9.80. The summed E-state index contributed by atoms with van der Waals surface area (Å²) in [6, 6.07) is -0.348. The highest BCUT2D eigenvalue weighted by atomic mass is 16.4. The molecule has 2 rings (SSSR count). The average molecular weight is 282 g/mol. The van der Waals surface area contributed by atoms with Gasteiger partial charge in [-0.1, -0.05) is 26.2 Å². The standard InChI is InChI=1S/C15H26N2O3/c1-10-5-3-4-6-11(10)9-16-14(20)17-15(2,13(18)19)12-7-8-12/h10-12H,3-9H2,1-2H3,(H,18,19)(H2,16,17,20). The number of amides is 2. The number of carbonyl (C=O) groups excluding carboxylic acids is 1. The molecule has 5 heteroatoms. The van der Waals surface area contributed by atoms with Crippen LogP contribution in [-0.2, 0) is 4.79 Å². The van der Waals surface area contributed by atoms with Crippen molar-refractivity contribution in [3.8, 4) is 0 Å². The van der Waals surface area contributed by atoms with Crippen LogP contribution in [0.4, 0.5) is 4.79 Å². The van der Waals surface area contributed by atoms with Crippen LogP contribution in [0.1, 0.15) is 52.4 Å². The quantitative estimate of drug-likeness (QED) is 0.724. The van der Waals surface area contributed by atoms with Gasteiger partial charge in [-0.3, -0.25) is 0 Å². The molecule has 0 aromatic rings. The van der Waals surface area contributed by atoms with Gasteiger partial charge in [0.1, 0.15) is 5.54 Å². The van der Waals surface area contributed by atoms with E-state index in [1.54, 1.807) is 6.92 Å². The van der Waals surface area contributed by atoms with E-state index < -0.39 is 11.5 Å². The molecule has 114 valence electrons. The minimum absolute atomic E-state index is 0.0688. The first-order valence-corrected chi connectivity index (χ1v) is 7.73. The van der Waals surface area contributed by atoms with Crippen molar-refractivity contribution in [1.29, 1.82) is 0 Å². The van der Waals surface area contributed by atoms with E-state index >= 15 is 0 Å². The first kappa shape index (κ1) is 15.1. The fourth-order valence-corrected chi connectivity index (χ4v) is 3.19. The maximum absolute atomic E-state index is 12.0. The zero-order valence-corrected chi connectivity index (χ0v) is 12.4. The third kappa shape index (κ3) is 3.44. The van der Waals surface area contributed by atoms with Crippen LogP contribution >= 0.6 is 0 Å². The fourth-order valence-electron chi connectivity index (χ4n) is 3.19. The first-order chi connectivity index (χ1) is 9.43. The van der Waals surface area contributed by atoms with Crippen LogP contribution < -0.4 is 10.6 Å². The lowest BCUT2D eigenvalue weighted by molar-refractivity contribution is -0.144. The molecule has 2 fully saturated rings. The molecule has 0 aromatic carbocycles. The molecule has 0 aromatic heterocycles. The summed E-state index contributed by atoms with van der Waals surface area (Å²) < 4.78 is 0. The van der Waals surface area contributed by atoms with Crippen molar-refractivity contribution in [3.05, 3.63) is 0 Å². The fraction of sp³-hybridized carbons (Fsp3) is 0.867. The summed E-state index contributed by atoms with van der Waals surface area (Å²) in [6.45, 7) is 4.48. The lowest BCUT2D eigenvalue weighted by Gasteiger charge is -2.30. The molecule has 0 spiro atoms. The maximum Gasteiger partial charge on any atom is 0.329 e. The van der Waals surface area contributed by atoms with E-state index in [4.69, 9.17) is 0 Å². The monoisotopic (exact) mass is 282 g/mol. The SMILES string of the molecule is CC1CCCCC1CNC(=O)NC(C)(C(=O)O)C1CC1. The molecule has 3 atom stereocenters. The van der Waals surface area contributed by atoms with Gasteiger partial charge in [-0.05, 0) is 43.9 Å². The summed E-state index contributed by atoms with van der Waals surface area (Å²) in [5.41, 5.74) is -1.12. The summed E-state index contributed by atoms with van der Waals surface area (Å²) in [6.07, 6.45) is 6.64. The molecular formula is C15H26N2O3. The Morgan fingerprint density at radius 1 is 1.20 bits per heavy atom. The molecule has 0 bridgehead atoms. The Kier molecular flexibility index (Phi) is 4.55. The molecule has 2 amide bonds. The molecule has 0 aliphatic heterocycles. The van der Waals surface area contributed by atoms with Gasteiger partial charge >= 0.3 is 12.0 Å². The molecule has 0 radical (unpaired) electrons. The van der Waals surface area contributed by atoms with E-state index in [2.05, 4.69) is 17.6 Å². The number of nitrogens with one attached hydrogen (secondary N) is 2. The molecule has 5 nitrogen and oxygen atoms in total. The van der Waals surface area contributed by atoms with Gasteiger partial charge in [-0.15, -0.1) is 0 Å². The average Bonchev–Trinajstić information content (AvgIpc) is 3.22. The second-order valence-corrected chi connectivity index (χ2v) is 6.64. The Hall–Kier alpha value is -1.26. The topological polar surface area (TPSA) is 78.4 Å². The predicted octanol–water partition coefficient (Wildman–Crippen LogP) is 2.37. The predicted molar refractivity (Wildman–Crippen MR) is 76.4 cm³/mol. The minimum Gasteiger partial charge on any atom is -0.480 e. The number of rotatable bonds is 5. The maximum atomic E-state index is 12.0. The number of urea groups is 1. The Balaban J connectivity index is 1.81. The van der Waals surface area contributed by atoms with Crippen molar-refractivity contribution in [3.63, 3.8) is 0 Å². The molecule has 3 unspecified atom stereocenters. The van der Waals surface area contributed by atoms with E-state index in [0.29, 0.717) is 18.4 Å². The molecule has 2 saturated carbocycles. The van der Waals surface area contributed by atoms with Crippen molar-refractivity contribution < 1.29 is 14.7 Å². The second-order valence-electron chi connectivity index (χ2n) is 6.64. The van der Waals surface area contributed by atoms with E-state index in [1.807, 2.05) is 0 Å². The van der Waals surface area contributed by atoms with Gasteiger partial charge in [-0.2, -0.15) is 0 Å². The number of carboxylic acid groups (broad SMARTS) is 1. The van der Waals surface area contributed by atoms with Crippen molar-refractivity contribution in [2.24, 2.45) is 17.8 Å². The van der Waals surface area contributed by atoms with Gasteiger partial charge in [0.25, 0.3) is 0 Å². The molecule has 20 heavy (non-hydrogen) atoms. The summed E-state index contributed by atoms with van der Waals surface area (Å²) in [5, 5.41) is 14.8. The Morgan fingerprint density at radius 3 is 2.40 bits per heavy atom. The van der Waals surface area contributed by atoms with Crippen molar-refractivity contribution in [2.75, 3.05) is 6.54 Å². The first-order valence-electron chi connectivity index (χ1n) is 7.73. The number of hydrogen-bond donors (Lipinski definition) is 3. The van der Waals surface area contributed by atoms with Crippen molar-refractivity contribution in [1.82, 2.24) is 10.6 Å².